The molecule has 1 aromatic heterocycles. The van der Waals surface area contributed by atoms with Gasteiger partial charge in [-0.2, -0.15) is 0 Å². The van der Waals surface area contributed by atoms with Crippen LogP contribution < -0.4 is 5.32 Å². The zero-order valence-corrected chi connectivity index (χ0v) is 11.5. The van der Waals surface area contributed by atoms with Gasteiger partial charge < -0.3 is 19.8 Å². The van der Waals surface area contributed by atoms with Crippen molar-refractivity contribution >= 4 is 17.8 Å². The smallest absolute Gasteiger partial charge is 0.326 e. The van der Waals surface area contributed by atoms with Gasteiger partial charge in [0.05, 0.1) is 0 Å². The Bertz CT molecular complexity index is 511. The first-order valence-electron chi connectivity index (χ1n) is 6.04. The van der Waals surface area contributed by atoms with Crippen LogP contribution in [0, 0.1) is 6.92 Å². The highest BCUT2D eigenvalue weighted by atomic mass is 16.5. The van der Waals surface area contributed by atoms with Crippen molar-refractivity contribution in [1.82, 2.24) is 15.4 Å². The molecule has 0 aliphatic heterocycles. The summed E-state index contributed by atoms with van der Waals surface area (Å²) in [5.41, 5.74) is 0.0402. The summed E-state index contributed by atoms with van der Waals surface area (Å²) in [4.78, 5) is 35.2. The Hall–Kier alpha value is -2.38. The predicted molar refractivity (Wildman–Crippen MR) is 68.1 cm³/mol. The molecular weight excluding hydrogens is 266 g/mol. The van der Waals surface area contributed by atoms with E-state index in [1.54, 1.807) is 6.92 Å². The summed E-state index contributed by atoms with van der Waals surface area (Å²) in [6.07, 6.45) is 0. The molecular formula is C12H17N3O5. The fourth-order valence-electron chi connectivity index (χ4n) is 1.57. The Balaban J connectivity index is 2.83. The quantitative estimate of drug-likeness (QED) is 0.761. The van der Waals surface area contributed by atoms with Crippen molar-refractivity contribution in [1.29, 1.82) is 0 Å². The molecule has 0 aliphatic carbocycles. The van der Waals surface area contributed by atoms with Crippen molar-refractivity contribution in [2.24, 2.45) is 0 Å². The van der Waals surface area contributed by atoms with E-state index in [0.717, 1.165) is 4.90 Å². The standard InChI is InChI=1S/C12H17N3O5/c1-7-6-10(14-20-7)11(17)15(8(2)12(18)19)5-4-13-9(3)16/h6,8H,4-5H2,1-3H3,(H,13,16)(H,18,19). The van der Waals surface area contributed by atoms with E-state index in [1.165, 1.54) is 19.9 Å². The number of nitrogens with zero attached hydrogens (tertiary/aromatic N) is 2. The van der Waals surface area contributed by atoms with Crippen molar-refractivity contribution in [3.63, 3.8) is 0 Å². The van der Waals surface area contributed by atoms with Crippen LogP contribution in [0.3, 0.4) is 0 Å². The number of amides is 2. The van der Waals surface area contributed by atoms with Crippen molar-refractivity contribution in [2.75, 3.05) is 13.1 Å². The first-order chi connectivity index (χ1) is 9.32. The lowest BCUT2D eigenvalue weighted by molar-refractivity contribution is -0.141. The Morgan fingerprint density at radius 1 is 1.50 bits per heavy atom. The first kappa shape index (κ1) is 15.7. The van der Waals surface area contributed by atoms with Gasteiger partial charge in [0.1, 0.15) is 11.8 Å². The number of carbonyl (C=O) groups is 3. The number of nitrogens with one attached hydrogen (secondary N) is 1. The van der Waals surface area contributed by atoms with Gasteiger partial charge in [-0.15, -0.1) is 0 Å². The zero-order valence-electron chi connectivity index (χ0n) is 11.5. The van der Waals surface area contributed by atoms with Gasteiger partial charge in [-0.1, -0.05) is 5.16 Å². The SMILES string of the molecule is CC(=O)NCCN(C(=O)c1cc(C)on1)C(C)C(=O)O. The molecule has 0 saturated heterocycles. The Labute approximate surface area is 115 Å². The molecule has 0 fully saturated rings. The number of rotatable bonds is 6. The van der Waals surface area contributed by atoms with E-state index >= 15 is 0 Å². The largest absolute Gasteiger partial charge is 0.480 e. The Kier molecular flexibility index (Phi) is 5.24. The third-order valence-corrected chi connectivity index (χ3v) is 2.66. The van der Waals surface area contributed by atoms with Crippen molar-refractivity contribution in [3.05, 3.63) is 17.5 Å². The maximum absolute atomic E-state index is 12.2. The minimum Gasteiger partial charge on any atom is -0.480 e. The van der Waals surface area contributed by atoms with Crippen molar-refractivity contribution in [3.8, 4) is 0 Å². The number of aryl methyl sites for hydroxylation is 1. The predicted octanol–water partition coefficient (Wildman–Crippen LogP) is 0.0344. The van der Waals surface area contributed by atoms with E-state index in [0.29, 0.717) is 5.76 Å². The van der Waals surface area contributed by atoms with Crippen LogP contribution in [0.4, 0.5) is 0 Å². The number of hydrogen-bond donors (Lipinski definition) is 2. The maximum Gasteiger partial charge on any atom is 0.326 e. The highest BCUT2D eigenvalue weighted by molar-refractivity contribution is 5.94. The van der Waals surface area contributed by atoms with E-state index in [1.807, 2.05) is 0 Å². The number of carbonyl (C=O) groups excluding carboxylic acids is 2. The van der Waals surface area contributed by atoms with Crippen LogP contribution in [0.5, 0.6) is 0 Å². The summed E-state index contributed by atoms with van der Waals surface area (Å²) in [5.74, 6) is -1.49. The first-order valence-corrected chi connectivity index (χ1v) is 6.04. The normalized spacial score (nSPS) is 11.8. The number of aliphatic carboxylic acids is 1. The summed E-state index contributed by atoms with van der Waals surface area (Å²) >= 11 is 0. The minimum absolute atomic E-state index is 0.0402. The fourth-order valence-corrected chi connectivity index (χ4v) is 1.57. The number of hydrogen-bond acceptors (Lipinski definition) is 5. The lowest BCUT2D eigenvalue weighted by Crippen LogP contribution is -2.46. The average Bonchev–Trinajstić information content (AvgIpc) is 2.79. The molecule has 20 heavy (non-hydrogen) atoms. The van der Waals surface area contributed by atoms with Crippen LogP contribution in [0.25, 0.3) is 0 Å². The summed E-state index contributed by atoms with van der Waals surface area (Å²) in [5, 5.41) is 15.1. The van der Waals surface area contributed by atoms with E-state index in [9.17, 15) is 14.4 Å². The maximum atomic E-state index is 12.2. The number of carboxylic acid groups (broad SMARTS) is 1. The second kappa shape index (κ2) is 6.69. The van der Waals surface area contributed by atoms with Crippen LogP contribution in [-0.4, -0.2) is 52.1 Å². The second-order valence-electron chi connectivity index (χ2n) is 4.32. The van der Waals surface area contributed by atoms with Crippen LogP contribution in [0.2, 0.25) is 0 Å². The van der Waals surface area contributed by atoms with Crippen LogP contribution >= 0.6 is 0 Å². The summed E-state index contributed by atoms with van der Waals surface area (Å²) in [6, 6.07) is 0.399. The molecule has 1 rings (SSSR count). The molecule has 0 radical (unpaired) electrons. The Morgan fingerprint density at radius 3 is 2.60 bits per heavy atom. The third-order valence-electron chi connectivity index (χ3n) is 2.66. The highest BCUT2D eigenvalue weighted by Crippen LogP contribution is 2.09. The Morgan fingerprint density at radius 2 is 2.15 bits per heavy atom. The molecule has 2 amide bonds. The molecule has 8 nitrogen and oxygen atoms in total. The van der Waals surface area contributed by atoms with Crippen LogP contribution in [-0.2, 0) is 9.59 Å². The summed E-state index contributed by atoms with van der Waals surface area (Å²) < 4.78 is 4.80. The number of carboxylic acids is 1. The highest BCUT2D eigenvalue weighted by Gasteiger charge is 2.28. The topological polar surface area (TPSA) is 113 Å². The fraction of sp³-hybridized carbons (Fsp3) is 0.500. The lowest BCUT2D eigenvalue weighted by atomic mass is 10.2. The van der Waals surface area contributed by atoms with E-state index in [-0.39, 0.29) is 24.7 Å². The second-order valence-corrected chi connectivity index (χ2v) is 4.32. The van der Waals surface area contributed by atoms with Crippen molar-refractivity contribution in [2.45, 2.75) is 26.8 Å². The van der Waals surface area contributed by atoms with Gasteiger partial charge in [-0.3, -0.25) is 9.59 Å². The van der Waals surface area contributed by atoms with Gasteiger partial charge in [0.25, 0.3) is 5.91 Å². The molecule has 1 aromatic rings. The number of aromatic nitrogens is 1. The van der Waals surface area contributed by atoms with Gasteiger partial charge in [-0.25, -0.2) is 4.79 Å². The molecule has 0 bridgehead atoms. The van der Waals surface area contributed by atoms with E-state index in [2.05, 4.69) is 10.5 Å². The molecule has 2 N–H and O–H groups in total. The third kappa shape index (κ3) is 4.08. The van der Waals surface area contributed by atoms with Crippen LogP contribution in [0.15, 0.2) is 10.6 Å². The molecule has 0 spiro atoms. The average molecular weight is 283 g/mol. The van der Waals surface area contributed by atoms with E-state index < -0.39 is 17.9 Å². The van der Waals surface area contributed by atoms with Gasteiger partial charge in [0, 0.05) is 26.1 Å². The molecule has 1 unspecified atom stereocenters. The molecule has 110 valence electrons. The molecule has 0 aromatic carbocycles. The monoisotopic (exact) mass is 283 g/mol. The van der Waals surface area contributed by atoms with Gasteiger partial charge in [-0.05, 0) is 13.8 Å². The lowest BCUT2D eigenvalue weighted by Gasteiger charge is -2.25. The summed E-state index contributed by atoms with van der Waals surface area (Å²) in [6.45, 7) is 4.59. The molecule has 0 saturated carbocycles. The zero-order chi connectivity index (χ0) is 15.3. The van der Waals surface area contributed by atoms with E-state index in [4.69, 9.17) is 9.63 Å². The molecule has 1 atom stereocenters. The van der Waals surface area contributed by atoms with Crippen LogP contribution in [0.1, 0.15) is 30.1 Å². The van der Waals surface area contributed by atoms with Gasteiger partial charge in [0.15, 0.2) is 5.69 Å². The minimum atomic E-state index is -1.14. The van der Waals surface area contributed by atoms with Crippen molar-refractivity contribution < 1.29 is 24.0 Å². The van der Waals surface area contributed by atoms with Gasteiger partial charge >= 0.3 is 5.97 Å². The summed E-state index contributed by atoms with van der Waals surface area (Å²) in [7, 11) is 0. The molecule has 1 heterocycles. The molecule has 8 heteroatoms. The van der Waals surface area contributed by atoms with Gasteiger partial charge in [0.2, 0.25) is 5.91 Å². The molecule has 0 aliphatic rings.